The molecule has 2 aromatic rings. The summed E-state index contributed by atoms with van der Waals surface area (Å²) in [7, 11) is -2.66. The van der Waals surface area contributed by atoms with Crippen molar-refractivity contribution < 1.29 is 32.3 Å². The van der Waals surface area contributed by atoms with Crippen molar-refractivity contribution in [2.24, 2.45) is 0 Å². The average molecular weight is 482 g/mol. The molecule has 0 aromatic heterocycles. The van der Waals surface area contributed by atoms with Gasteiger partial charge in [0.25, 0.3) is 5.69 Å². The second kappa shape index (κ2) is 11.4. The maximum absolute atomic E-state index is 12.6. The number of amides is 1. The Kier molecular flexibility index (Phi) is 8.85. The fourth-order valence-electron chi connectivity index (χ4n) is 2.96. The molecule has 0 heterocycles. The van der Waals surface area contributed by atoms with Gasteiger partial charge in [0, 0.05) is 18.7 Å². The van der Waals surface area contributed by atoms with Gasteiger partial charge < -0.3 is 19.5 Å². The number of sulfonamides is 1. The second-order valence-corrected chi connectivity index (χ2v) is 8.71. The lowest BCUT2D eigenvalue weighted by Crippen LogP contribution is -2.40. The van der Waals surface area contributed by atoms with Crippen LogP contribution in [-0.2, 0) is 21.4 Å². The van der Waals surface area contributed by atoms with Gasteiger partial charge in [-0.25, -0.2) is 8.42 Å². The summed E-state index contributed by atoms with van der Waals surface area (Å²) in [6.45, 7) is 4.11. The minimum absolute atomic E-state index is 0.0756. The second-order valence-electron chi connectivity index (χ2n) is 6.81. The highest BCUT2D eigenvalue weighted by Gasteiger charge is 2.26. The summed E-state index contributed by atoms with van der Waals surface area (Å²) in [6, 6.07) is 8.72. The van der Waals surface area contributed by atoms with Gasteiger partial charge in [-0.15, -0.1) is 0 Å². The molecule has 1 amide bonds. The molecule has 0 bridgehead atoms. The summed E-state index contributed by atoms with van der Waals surface area (Å²) in [6.07, 6.45) is 0.902. The molecule has 12 heteroatoms. The van der Waals surface area contributed by atoms with Crippen LogP contribution in [0, 0.1) is 10.1 Å². The molecule has 0 saturated heterocycles. The van der Waals surface area contributed by atoms with Crippen molar-refractivity contribution in [3.63, 3.8) is 0 Å². The number of ether oxygens (including phenoxy) is 3. The van der Waals surface area contributed by atoms with Gasteiger partial charge in [-0.1, -0.05) is 6.07 Å². The Hall–Kier alpha value is -3.54. The molecule has 180 valence electrons. The van der Waals surface area contributed by atoms with E-state index in [4.69, 9.17) is 14.2 Å². The monoisotopic (exact) mass is 481 g/mol. The van der Waals surface area contributed by atoms with Crippen molar-refractivity contribution in [3.05, 3.63) is 52.1 Å². The lowest BCUT2D eigenvalue weighted by Gasteiger charge is -2.23. The number of rotatable bonds is 12. The van der Waals surface area contributed by atoms with Crippen LogP contribution in [0.2, 0.25) is 0 Å². The van der Waals surface area contributed by atoms with Gasteiger partial charge in [0.2, 0.25) is 15.9 Å². The highest BCUT2D eigenvalue weighted by molar-refractivity contribution is 7.92. The summed E-state index contributed by atoms with van der Waals surface area (Å²) in [5, 5.41) is 13.8. The number of non-ortho nitro benzene ring substituents is 1. The van der Waals surface area contributed by atoms with Crippen LogP contribution in [0.25, 0.3) is 0 Å². The summed E-state index contributed by atoms with van der Waals surface area (Å²) in [5.74, 6) is 0.577. The van der Waals surface area contributed by atoms with Crippen molar-refractivity contribution in [3.8, 4) is 17.2 Å². The number of nitrogens with one attached hydrogen (secondary N) is 1. The van der Waals surface area contributed by atoms with Crippen LogP contribution < -0.4 is 23.8 Å². The molecular weight excluding hydrogens is 454 g/mol. The van der Waals surface area contributed by atoms with Gasteiger partial charge in [-0.3, -0.25) is 19.2 Å². The maximum Gasteiger partial charge on any atom is 0.271 e. The summed E-state index contributed by atoms with van der Waals surface area (Å²) >= 11 is 0. The Labute approximate surface area is 192 Å². The molecule has 0 fully saturated rings. The molecule has 33 heavy (non-hydrogen) atoms. The zero-order chi connectivity index (χ0) is 24.6. The molecule has 1 N–H and O–H groups in total. The van der Waals surface area contributed by atoms with Gasteiger partial charge in [-0.2, -0.15) is 0 Å². The zero-order valence-electron chi connectivity index (χ0n) is 18.9. The van der Waals surface area contributed by atoms with Crippen LogP contribution in [0.15, 0.2) is 36.4 Å². The first kappa shape index (κ1) is 25.7. The Morgan fingerprint density at radius 1 is 1.06 bits per heavy atom. The predicted octanol–water partition coefficient (Wildman–Crippen LogP) is 2.48. The van der Waals surface area contributed by atoms with E-state index in [-0.39, 0.29) is 23.7 Å². The number of hydrogen-bond donors (Lipinski definition) is 1. The Morgan fingerprint density at radius 2 is 1.70 bits per heavy atom. The SMILES string of the molecule is CCOc1ccc(CNC(=O)CN(c2cc([N+](=O)[O-])ccc2OC)S(C)(=O)=O)cc1OCC. The molecular formula is C21H27N3O8S. The number of nitro benzene ring substituents is 1. The van der Waals surface area contributed by atoms with E-state index in [2.05, 4.69) is 5.32 Å². The quantitative estimate of drug-likeness (QED) is 0.361. The molecule has 0 aliphatic rings. The Balaban J connectivity index is 2.22. The minimum Gasteiger partial charge on any atom is -0.495 e. The zero-order valence-corrected chi connectivity index (χ0v) is 19.7. The van der Waals surface area contributed by atoms with E-state index in [1.54, 1.807) is 18.2 Å². The van der Waals surface area contributed by atoms with Crippen LogP contribution in [-0.4, -0.2) is 52.4 Å². The highest BCUT2D eigenvalue weighted by Crippen LogP contribution is 2.33. The smallest absolute Gasteiger partial charge is 0.271 e. The van der Waals surface area contributed by atoms with Crippen molar-refractivity contribution in [2.75, 3.05) is 37.4 Å². The third-order valence-corrected chi connectivity index (χ3v) is 5.55. The molecule has 0 atom stereocenters. The van der Waals surface area contributed by atoms with E-state index >= 15 is 0 Å². The van der Waals surface area contributed by atoms with Crippen LogP contribution >= 0.6 is 0 Å². The van der Waals surface area contributed by atoms with E-state index in [1.807, 2.05) is 13.8 Å². The van der Waals surface area contributed by atoms with Crippen molar-refractivity contribution in [1.82, 2.24) is 5.32 Å². The normalized spacial score (nSPS) is 10.9. The van der Waals surface area contributed by atoms with Gasteiger partial charge in [0.05, 0.1) is 31.5 Å². The number of methoxy groups -OCH3 is 1. The van der Waals surface area contributed by atoms with E-state index in [0.717, 1.165) is 16.6 Å². The molecule has 0 radical (unpaired) electrons. The fraction of sp³-hybridized carbons (Fsp3) is 0.381. The van der Waals surface area contributed by atoms with E-state index in [1.165, 1.54) is 19.2 Å². The van der Waals surface area contributed by atoms with E-state index in [9.17, 15) is 23.3 Å². The number of hydrogen-bond acceptors (Lipinski definition) is 8. The van der Waals surface area contributed by atoms with Crippen LogP contribution in [0.3, 0.4) is 0 Å². The molecule has 11 nitrogen and oxygen atoms in total. The standard InChI is InChI=1S/C21H27N3O8S/c1-5-31-19-9-7-15(11-20(19)32-6-2)13-22-21(25)14-23(33(4,28)29)17-12-16(24(26)27)8-10-18(17)30-3/h7-12H,5-6,13-14H2,1-4H3,(H,22,25). The third kappa shape index (κ3) is 6.97. The van der Waals surface area contributed by atoms with Crippen molar-refractivity contribution in [1.29, 1.82) is 0 Å². The number of anilines is 1. The van der Waals surface area contributed by atoms with E-state index in [0.29, 0.717) is 30.3 Å². The fourth-order valence-corrected chi connectivity index (χ4v) is 3.81. The van der Waals surface area contributed by atoms with Gasteiger partial charge in [-0.05, 0) is 37.6 Å². The van der Waals surface area contributed by atoms with Crippen molar-refractivity contribution in [2.45, 2.75) is 20.4 Å². The van der Waals surface area contributed by atoms with Gasteiger partial charge >= 0.3 is 0 Å². The lowest BCUT2D eigenvalue weighted by molar-refractivity contribution is -0.384. The first-order valence-electron chi connectivity index (χ1n) is 10.1. The number of carbonyl (C=O) groups is 1. The predicted molar refractivity (Wildman–Crippen MR) is 122 cm³/mol. The largest absolute Gasteiger partial charge is 0.495 e. The summed E-state index contributed by atoms with van der Waals surface area (Å²) in [5.41, 5.74) is 0.274. The molecule has 0 aliphatic heterocycles. The molecule has 2 rings (SSSR count). The van der Waals surface area contributed by atoms with Crippen molar-refractivity contribution >= 4 is 27.3 Å². The average Bonchev–Trinajstić information content (AvgIpc) is 2.76. The Morgan fingerprint density at radius 3 is 2.27 bits per heavy atom. The summed E-state index contributed by atoms with van der Waals surface area (Å²) < 4.78 is 41.8. The highest BCUT2D eigenvalue weighted by atomic mass is 32.2. The molecule has 2 aromatic carbocycles. The third-order valence-electron chi connectivity index (χ3n) is 4.43. The van der Waals surface area contributed by atoms with Crippen LogP contribution in [0.5, 0.6) is 17.2 Å². The maximum atomic E-state index is 12.6. The molecule has 0 spiro atoms. The topological polar surface area (TPSA) is 137 Å². The minimum atomic E-state index is -3.96. The first-order valence-corrected chi connectivity index (χ1v) is 11.9. The molecule has 0 unspecified atom stereocenters. The summed E-state index contributed by atoms with van der Waals surface area (Å²) in [4.78, 5) is 23.1. The first-order chi connectivity index (χ1) is 15.6. The lowest BCUT2D eigenvalue weighted by atomic mass is 10.2. The van der Waals surface area contributed by atoms with E-state index < -0.39 is 27.4 Å². The van der Waals surface area contributed by atoms with Gasteiger partial charge in [0.1, 0.15) is 18.0 Å². The Bertz CT molecular complexity index is 1100. The number of nitro groups is 1. The van der Waals surface area contributed by atoms with Crippen LogP contribution in [0.4, 0.5) is 11.4 Å². The number of carbonyl (C=O) groups excluding carboxylic acids is 1. The number of nitrogens with zero attached hydrogens (tertiary/aromatic N) is 2. The van der Waals surface area contributed by atoms with Gasteiger partial charge in [0.15, 0.2) is 11.5 Å². The molecule has 0 aliphatic carbocycles. The van der Waals surface area contributed by atoms with Crippen LogP contribution in [0.1, 0.15) is 19.4 Å². The number of benzene rings is 2. The molecule has 0 saturated carbocycles.